The lowest BCUT2D eigenvalue weighted by molar-refractivity contribution is -0.137. The van der Waals surface area contributed by atoms with Gasteiger partial charge in [-0.1, -0.05) is 20.8 Å². The third-order valence-electron chi connectivity index (χ3n) is 2.87. The van der Waals surface area contributed by atoms with Crippen LogP contribution in [0.25, 0.3) is 0 Å². The minimum Gasteiger partial charge on any atom is -0.366 e. The Hall–Kier alpha value is -0.970. The fourth-order valence-electron chi connectivity index (χ4n) is 1.74. The zero-order chi connectivity index (χ0) is 14.7. The Kier molecular flexibility index (Phi) is 5.07. The summed E-state index contributed by atoms with van der Waals surface area (Å²) >= 11 is 5.72. The van der Waals surface area contributed by atoms with Crippen molar-refractivity contribution in [3.05, 3.63) is 23.9 Å². The quantitative estimate of drug-likeness (QED) is 0.824. The fraction of sp³-hybridized carbons (Fsp3) is 0.615. The van der Waals surface area contributed by atoms with Gasteiger partial charge in [-0.3, -0.25) is 0 Å². The van der Waals surface area contributed by atoms with Crippen LogP contribution in [-0.4, -0.2) is 16.9 Å². The number of hydrogen-bond acceptors (Lipinski definition) is 2. The average Bonchev–Trinajstić information content (AvgIpc) is 2.26. The molecule has 0 aliphatic carbocycles. The Morgan fingerprint density at radius 1 is 1.32 bits per heavy atom. The summed E-state index contributed by atoms with van der Waals surface area (Å²) in [5.74, 6) is 0.239. The third kappa shape index (κ3) is 4.56. The molecule has 0 saturated heterocycles. The summed E-state index contributed by atoms with van der Waals surface area (Å²) in [6, 6.07) is 2.12. The Bertz CT molecular complexity index is 413. The molecule has 2 nitrogen and oxygen atoms in total. The number of halogens is 4. The second-order valence-corrected chi connectivity index (χ2v) is 5.82. The standard InChI is InChI=1S/C13H18ClF3N2/c1-12(2,3)10(6-7-14)19-11-9(13(15,16)17)5-4-8-18-11/h4-5,8,10H,6-7H2,1-3H3,(H,18,19). The third-order valence-corrected chi connectivity index (χ3v) is 3.09. The van der Waals surface area contributed by atoms with Crippen LogP contribution in [0.15, 0.2) is 18.3 Å². The Morgan fingerprint density at radius 2 is 1.95 bits per heavy atom. The minimum atomic E-state index is -4.42. The van der Waals surface area contributed by atoms with Gasteiger partial charge in [0.25, 0.3) is 0 Å². The van der Waals surface area contributed by atoms with Gasteiger partial charge in [0.1, 0.15) is 5.82 Å². The molecule has 108 valence electrons. The highest BCUT2D eigenvalue weighted by Gasteiger charge is 2.35. The Morgan fingerprint density at radius 3 is 2.42 bits per heavy atom. The lowest BCUT2D eigenvalue weighted by Crippen LogP contribution is -2.35. The summed E-state index contributed by atoms with van der Waals surface area (Å²) in [6.45, 7) is 5.86. The van der Waals surface area contributed by atoms with Crippen molar-refractivity contribution in [3.63, 3.8) is 0 Å². The highest BCUT2D eigenvalue weighted by molar-refractivity contribution is 6.17. The van der Waals surface area contributed by atoms with Crippen molar-refractivity contribution in [1.82, 2.24) is 4.98 Å². The molecule has 0 aliphatic rings. The summed E-state index contributed by atoms with van der Waals surface area (Å²) in [5.41, 5.74) is -0.964. The van der Waals surface area contributed by atoms with E-state index in [0.29, 0.717) is 12.3 Å². The highest BCUT2D eigenvalue weighted by Crippen LogP contribution is 2.35. The van der Waals surface area contributed by atoms with Crippen molar-refractivity contribution < 1.29 is 13.2 Å². The molecule has 1 aromatic rings. The maximum Gasteiger partial charge on any atom is 0.419 e. The van der Waals surface area contributed by atoms with Crippen LogP contribution < -0.4 is 5.32 Å². The van der Waals surface area contributed by atoms with Gasteiger partial charge in [-0.25, -0.2) is 4.98 Å². The largest absolute Gasteiger partial charge is 0.419 e. The van der Waals surface area contributed by atoms with E-state index >= 15 is 0 Å². The maximum atomic E-state index is 12.9. The first kappa shape index (κ1) is 16.1. The topological polar surface area (TPSA) is 24.9 Å². The monoisotopic (exact) mass is 294 g/mol. The summed E-state index contributed by atoms with van der Waals surface area (Å²) in [5, 5.41) is 2.88. The lowest BCUT2D eigenvalue weighted by Gasteiger charge is -2.32. The van der Waals surface area contributed by atoms with E-state index in [1.54, 1.807) is 0 Å². The molecule has 1 atom stereocenters. The molecule has 1 rings (SSSR count). The number of nitrogens with one attached hydrogen (secondary N) is 1. The molecule has 1 heterocycles. The molecule has 0 spiro atoms. The molecule has 0 bridgehead atoms. The summed E-state index contributed by atoms with van der Waals surface area (Å²) in [4.78, 5) is 3.81. The van der Waals surface area contributed by atoms with Crippen LogP contribution in [0.1, 0.15) is 32.8 Å². The van der Waals surface area contributed by atoms with Gasteiger partial charge in [-0.05, 0) is 24.0 Å². The molecule has 0 saturated carbocycles. The van der Waals surface area contributed by atoms with Gasteiger partial charge < -0.3 is 5.32 Å². The van der Waals surface area contributed by atoms with Crippen LogP contribution in [0.5, 0.6) is 0 Å². The number of nitrogens with zero attached hydrogens (tertiary/aromatic N) is 1. The molecular weight excluding hydrogens is 277 g/mol. The Labute approximate surface area is 116 Å². The van der Waals surface area contributed by atoms with Crippen molar-refractivity contribution in [2.45, 2.75) is 39.4 Å². The molecule has 0 aliphatic heterocycles. The number of alkyl halides is 4. The smallest absolute Gasteiger partial charge is 0.366 e. The van der Waals surface area contributed by atoms with E-state index in [0.717, 1.165) is 6.07 Å². The number of rotatable bonds is 4. The van der Waals surface area contributed by atoms with E-state index in [2.05, 4.69) is 10.3 Å². The van der Waals surface area contributed by atoms with Crippen molar-refractivity contribution in [1.29, 1.82) is 0 Å². The van der Waals surface area contributed by atoms with Crippen LogP contribution >= 0.6 is 11.6 Å². The van der Waals surface area contributed by atoms with Gasteiger partial charge in [0.15, 0.2) is 0 Å². The van der Waals surface area contributed by atoms with Crippen LogP contribution in [0.2, 0.25) is 0 Å². The first-order valence-electron chi connectivity index (χ1n) is 6.01. The Balaban J connectivity index is 3.04. The van der Waals surface area contributed by atoms with Gasteiger partial charge in [0.05, 0.1) is 5.56 Å². The summed E-state index contributed by atoms with van der Waals surface area (Å²) < 4.78 is 38.6. The van der Waals surface area contributed by atoms with Gasteiger partial charge in [0.2, 0.25) is 0 Å². The van der Waals surface area contributed by atoms with Gasteiger partial charge >= 0.3 is 6.18 Å². The zero-order valence-electron chi connectivity index (χ0n) is 11.2. The van der Waals surface area contributed by atoms with E-state index in [9.17, 15) is 13.2 Å². The second-order valence-electron chi connectivity index (χ2n) is 5.44. The van der Waals surface area contributed by atoms with E-state index in [1.165, 1.54) is 12.3 Å². The normalized spacial score (nSPS) is 14.3. The van der Waals surface area contributed by atoms with Crippen molar-refractivity contribution in [2.75, 3.05) is 11.2 Å². The second kappa shape index (κ2) is 5.99. The fourth-order valence-corrected chi connectivity index (χ4v) is 1.96. The molecule has 1 aromatic heterocycles. The molecule has 0 fully saturated rings. The van der Waals surface area contributed by atoms with Gasteiger partial charge in [-0.2, -0.15) is 13.2 Å². The number of hydrogen-bond donors (Lipinski definition) is 1. The average molecular weight is 295 g/mol. The molecule has 0 radical (unpaired) electrons. The van der Waals surface area contributed by atoms with Gasteiger partial charge in [0, 0.05) is 18.1 Å². The van der Waals surface area contributed by atoms with E-state index in [-0.39, 0.29) is 17.3 Å². The summed E-state index contributed by atoms with van der Waals surface area (Å²) in [7, 11) is 0. The summed E-state index contributed by atoms with van der Waals surface area (Å²) in [6.07, 6.45) is -2.50. The predicted molar refractivity (Wildman–Crippen MR) is 71.4 cm³/mol. The van der Waals surface area contributed by atoms with Crippen LogP contribution in [0.3, 0.4) is 0 Å². The zero-order valence-corrected chi connectivity index (χ0v) is 11.9. The predicted octanol–water partition coefficient (Wildman–Crippen LogP) is 4.56. The van der Waals surface area contributed by atoms with Crippen molar-refractivity contribution >= 4 is 17.4 Å². The highest BCUT2D eigenvalue weighted by atomic mass is 35.5. The molecule has 0 aromatic carbocycles. The lowest BCUT2D eigenvalue weighted by atomic mass is 9.85. The SMILES string of the molecule is CC(C)(C)C(CCCl)Nc1ncccc1C(F)(F)F. The molecule has 6 heteroatoms. The van der Waals surface area contributed by atoms with Crippen LogP contribution in [0.4, 0.5) is 19.0 Å². The van der Waals surface area contributed by atoms with E-state index in [1.807, 2.05) is 20.8 Å². The minimum absolute atomic E-state index is 0.139. The molecule has 1 unspecified atom stereocenters. The maximum absolute atomic E-state index is 12.9. The molecule has 1 N–H and O–H groups in total. The van der Waals surface area contributed by atoms with Crippen molar-refractivity contribution in [3.8, 4) is 0 Å². The number of aromatic nitrogens is 1. The van der Waals surface area contributed by atoms with Crippen LogP contribution in [-0.2, 0) is 6.18 Å². The van der Waals surface area contributed by atoms with E-state index in [4.69, 9.17) is 11.6 Å². The number of anilines is 1. The first-order chi connectivity index (χ1) is 8.66. The van der Waals surface area contributed by atoms with Crippen LogP contribution in [0, 0.1) is 5.41 Å². The molecule has 0 amide bonds. The van der Waals surface area contributed by atoms with E-state index < -0.39 is 11.7 Å². The first-order valence-corrected chi connectivity index (χ1v) is 6.54. The van der Waals surface area contributed by atoms with Gasteiger partial charge in [-0.15, -0.1) is 11.6 Å². The number of pyridine rings is 1. The van der Waals surface area contributed by atoms with Crippen molar-refractivity contribution in [2.24, 2.45) is 5.41 Å². The molecule has 19 heavy (non-hydrogen) atoms. The molecular formula is C13H18ClF3N2.